The number of fused-ring (bicyclic) bond motifs is 2. The van der Waals surface area contributed by atoms with Crippen LogP contribution in [0.15, 0.2) is 72.0 Å². The van der Waals surface area contributed by atoms with E-state index in [-0.39, 0.29) is 4.90 Å². The fourth-order valence-corrected chi connectivity index (χ4v) is 7.93. The van der Waals surface area contributed by atoms with Crippen molar-refractivity contribution in [2.24, 2.45) is 0 Å². The molecule has 0 saturated carbocycles. The normalized spacial score (nSPS) is 17.1. The Hall–Kier alpha value is -3.35. The minimum atomic E-state index is -3.75. The molecule has 2 fully saturated rings. The molecule has 0 amide bonds. The van der Waals surface area contributed by atoms with Crippen molar-refractivity contribution in [2.75, 3.05) is 57.5 Å². The van der Waals surface area contributed by atoms with E-state index in [2.05, 4.69) is 26.9 Å². The molecule has 2 aliphatic heterocycles. The molecule has 2 saturated heterocycles. The molecule has 9 nitrogen and oxygen atoms in total. The van der Waals surface area contributed by atoms with E-state index >= 15 is 0 Å². The Balaban J connectivity index is 1.32. The van der Waals surface area contributed by atoms with Crippen LogP contribution in [-0.4, -0.2) is 79.9 Å². The zero-order valence-corrected chi connectivity index (χ0v) is 23.5. The second-order valence-electron chi connectivity index (χ2n) is 10.00. The van der Waals surface area contributed by atoms with Crippen LogP contribution in [-0.2, 0) is 26.0 Å². The number of thiophene rings is 1. The van der Waals surface area contributed by atoms with Gasteiger partial charge in [-0.15, -0.1) is 11.3 Å². The van der Waals surface area contributed by atoms with Crippen molar-refractivity contribution < 1.29 is 17.9 Å². The van der Waals surface area contributed by atoms with E-state index in [4.69, 9.17) is 14.5 Å². The van der Waals surface area contributed by atoms with Crippen LogP contribution in [0, 0.1) is 0 Å². The standard InChI is InChI=1S/C29H29N5O4S2/c35-40(36,22-4-2-1-3-5-22)34-7-6-23-25(18-30-19-26(23)34)28-17-24-27(39-28)16-21(20-32-8-12-37-13-9-32)31-29(24)33-10-14-38-15-11-33/h1-7,16-19H,8-15,20H2. The van der Waals surface area contributed by atoms with E-state index in [1.54, 1.807) is 54.1 Å². The van der Waals surface area contributed by atoms with Gasteiger partial charge in [0, 0.05) is 71.0 Å². The molecule has 0 bridgehead atoms. The molecule has 6 heterocycles. The molecule has 0 spiro atoms. The lowest BCUT2D eigenvalue weighted by molar-refractivity contribution is 0.0337. The maximum absolute atomic E-state index is 13.4. The highest BCUT2D eigenvalue weighted by molar-refractivity contribution is 7.90. The minimum absolute atomic E-state index is 0.244. The van der Waals surface area contributed by atoms with Crippen molar-refractivity contribution in [1.82, 2.24) is 18.8 Å². The van der Waals surface area contributed by atoms with E-state index in [1.165, 1.54) is 3.97 Å². The highest BCUT2D eigenvalue weighted by Crippen LogP contribution is 2.41. The molecule has 2 aliphatic rings. The highest BCUT2D eigenvalue weighted by Gasteiger charge is 2.23. The third-order valence-electron chi connectivity index (χ3n) is 7.49. The van der Waals surface area contributed by atoms with Crippen LogP contribution in [0.4, 0.5) is 5.82 Å². The summed E-state index contributed by atoms with van der Waals surface area (Å²) >= 11 is 1.69. The van der Waals surface area contributed by atoms with Gasteiger partial charge in [0.05, 0.1) is 48.7 Å². The number of benzene rings is 1. The first-order valence-electron chi connectivity index (χ1n) is 13.4. The molecule has 0 atom stereocenters. The predicted molar refractivity (Wildman–Crippen MR) is 157 cm³/mol. The number of aromatic nitrogens is 3. The summed E-state index contributed by atoms with van der Waals surface area (Å²) in [4.78, 5) is 15.6. The van der Waals surface area contributed by atoms with Crippen LogP contribution in [0.3, 0.4) is 0 Å². The van der Waals surface area contributed by atoms with Gasteiger partial charge in [0.15, 0.2) is 0 Å². The van der Waals surface area contributed by atoms with Crippen molar-refractivity contribution in [3.8, 4) is 10.4 Å². The first kappa shape index (κ1) is 25.6. The van der Waals surface area contributed by atoms with Gasteiger partial charge in [0.25, 0.3) is 10.0 Å². The number of morpholine rings is 2. The first-order valence-corrected chi connectivity index (χ1v) is 15.7. The molecule has 4 aromatic heterocycles. The summed E-state index contributed by atoms with van der Waals surface area (Å²) in [6, 6.07) is 14.7. The Morgan fingerprint density at radius 3 is 2.40 bits per heavy atom. The van der Waals surface area contributed by atoms with E-state index in [0.717, 1.165) is 83.4 Å². The zero-order chi connectivity index (χ0) is 27.1. The predicted octanol–water partition coefficient (Wildman–Crippen LogP) is 4.22. The Labute approximate surface area is 236 Å². The number of rotatable bonds is 6. The number of hydrogen-bond acceptors (Lipinski definition) is 9. The van der Waals surface area contributed by atoms with Gasteiger partial charge in [-0.3, -0.25) is 9.88 Å². The van der Waals surface area contributed by atoms with E-state index in [0.29, 0.717) is 18.7 Å². The SMILES string of the molecule is O=S(=O)(c1ccccc1)n1ccc2c(-c3cc4c(N5CCOCC5)nc(CN5CCOCC5)cc4s3)cncc21. The molecule has 11 heteroatoms. The smallest absolute Gasteiger partial charge is 0.268 e. The van der Waals surface area contributed by atoms with Crippen molar-refractivity contribution in [3.63, 3.8) is 0 Å². The third-order valence-corrected chi connectivity index (χ3v) is 10.3. The lowest BCUT2D eigenvalue weighted by Gasteiger charge is -2.30. The largest absolute Gasteiger partial charge is 0.379 e. The van der Waals surface area contributed by atoms with Crippen LogP contribution >= 0.6 is 11.3 Å². The molecule has 0 radical (unpaired) electrons. The summed E-state index contributed by atoms with van der Waals surface area (Å²) in [5, 5.41) is 1.94. The lowest BCUT2D eigenvalue weighted by atomic mass is 10.1. The van der Waals surface area contributed by atoms with Crippen LogP contribution in [0.1, 0.15) is 5.69 Å². The summed E-state index contributed by atoms with van der Waals surface area (Å²) in [6.07, 6.45) is 5.06. The molecule has 0 aliphatic carbocycles. The van der Waals surface area contributed by atoms with Gasteiger partial charge in [-0.2, -0.15) is 0 Å². The van der Waals surface area contributed by atoms with Gasteiger partial charge in [-0.1, -0.05) is 18.2 Å². The van der Waals surface area contributed by atoms with Gasteiger partial charge in [0.1, 0.15) is 5.82 Å². The second-order valence-corrected chi connectivity index (χ2v) is 12.9. The number of pyridine rings is 2. The van der Waals surface area contributed by atoms with Gasteiger partial charge < -0.3 is 14.4 Å². The van der Waals surface area contributed by atoms with E-state index in [1.807, 2.05) is 12.3 Å². The number of anilines is 1. The molecular formula is C29H29N5O4S2. The highest BCUT2D eigenvalue weighted by atomic mass is 32.2. The fraction of sp³-hybridized carbons (Fsp3) is 0.310. The molecule has 0 unspecified atom stereocenters. The van der Waals surface area contributed by atoms with E-state index < -0.39 is 10.0 Å². The number of hydrogen-bond donors (Lipinski definition) is 0. The molecule has 40 heavy (non-hydrogen) atoms. The maximum atomic E-state index is 13.4. The third kappa shape index (κ3) is 4.67. The van der Waals surface area contributed by atoms with E-state index in [9.17, 15) is 8.42 Å². The molecule has 5 aromatic rings. The molecule has 7 rings (SSSR count). The van der Waals surface area contributed by atoms with Gasteiger partial charge in [0.2, 0.25) is 0 Å². The Morgan fingerprint density at radius 2 is 1.62 bits per heavy atom. The summed E-state index contributed by atoms with van der Waals surface area (Å²) < 4.78 is 40.5. The average molecular weight is 576 g/mol. The van der Waals surface area contributed by atoms with Crippen molar-refractivity contribution >= 4 is 48.2 Å². The second kappa shape index (κ2) is 10.6. The summed E-state index contributed by atoms with van der Waals surface area (Å²) in [6.45, 7) is 7.04. The molecule has 1 aromatic carbocycles. The lowest BCUT2D eigenvalue weighted by Crippen LogP contribution is -2.38. The zero-order valence-electron chi connectivity index (χ0n) is 21.9. The monoisotopic (exact) mass is 575 g/mol. The van der Waals surface area contributed by atoms with Crippen LogP contribution in [0.25, 0.3) is 31.4 Å². The first-order chi connectivity index (χ1) is 19.6. The Bertz CT molecular complexity index is 1770. The van der Waals surface area contributed by atoms with Gasteiger partial charge >= 0.3 is 0 Å². The topological polar surface area (TPSA) is 89.8 Å². The molecule has 0 N–H and O–H groups in total. The fourth-order valence-electron chi connectivity index (χ4n) is 5.43. The minimum Gasteiger partial charge on any atom is -0.379 e. The molecule has 206 valence electrons. The average Bonchev–Trinajstić information content (AvgIpc) is 3.63. The molecular weight excluding hydrogens is 546 g/mol. The number of ether oxygens (including phenoxy) is 2. The van der Waals surface area contributed by atoms with Crippen molar-refractivity contribution in [2.45, 2.75) is 11.4 Å². The van der Waals surface area contributed by atoms with Crippen LogP contribution in [0.5, 0.6) is 0 Å². The maximum Gasteiger partial charge on any atom is 0.268 e. The quantitative estimate of drug-likeness (QED) is 0.297. The Morgan fingerprint density at radius 1 is 0.875 bits per heavy atom. The number of nitrogens with zero attached hydrogens (tertiary/aromatic N) is 5. The van der Waals surface area contributed by atoms with Crippen LogP contribution in [0.2, 0.25) is 0 Å². The van der Waals surface area contributed by atoms with Gasteiger partial charge in [-0.05, 0) is 30.3 Å². The van der Waals surface area contributed by atoms with Crippen molar-refractivity contribution in [3.05, 3.63) is 72.8 Å². The Kier molecular flexibility index (Phi) is 6.76. The van der Waals surface area contributed by atoms with Gasteiger partial charge in [-0.25, -0.2) is 17.4 Å². The summed E-state index contributed by atoms with van der Waals surface area (Å²) in [5.41, 5.74) is 2.50. The van der Waals surface area contributed by atoms with Crippen LogP contribution < -0.4 is 4.90 Å². The van der Waals surface area contributed by atoms with Crippen molar-refractivity contribution in [1.29, 1.82) is 0 Å². The summed E-state index contributed by atoms with van der Waals surface area (Å²) in [7, 11) is -3.75. The summed E-state index contributed by atoms with van der Waals surface area (Å²) in [5.74, 6) is 0.982.